The summed E-state index contributed by atoms with van der Waals surface area (Å²) in [5, 5.41) is 0. The van der Waals surface area contributed by atoms with Crippen LogP contribution in [0.15, 0.2) is 18.3 Å². The van der Waals surface area contributed by atoms with Crippen LogP contribution in [0.4, 0.5) is 0 Å². The van der Waals surface area contributed by atoms with Crippen LogP contribution in [0.2, 0.25) is 0 Å². The first-order chi connectivity index (χ1) is 9.24. The van der Waals surface area contributed by atoms with Gasteiger partial charge in [-0.1, -0.05) is 38.7 Å². The van der Waals surface area contributed by atoms with Crippen molar-refractivity contribution < 1.29 is 0 Å². The molecule has 0 aliphatic heterocycles. The van der Waals surface area contributed by atoms with Crippen molar-refractivity contribution in [3.8, 4) is 0 Å². The van der Waals surface area contributed by atoms with Crippen LogP contribution in [0.1, 0.15) is 62.7 Å². The van der Waals surface area contributed by atoms with Gasteiger partial charge in [0.05, 0.1) is 6.04 Å². The molecule has 1 aliphatic carbocycles. The van der Waals surface area contributed by atoms with E-state index in [0.717, 1.165) is 11.6 Å². The number of nitrogens with two attached hydrogens (primary N) is 1. The average molecular weight is 261 g/mol. The summed E-state index contributed by atoms with van der Waals surface area (Å²) >= 11 is 0. The molecule has 1 unspecified atom stereocenters. The van der Waals surface area contributed by atoms with Crippen molar-refractivity contribution in [2.45, 2.75) is 58.4 Å². The SMILES string of the molecule is CCCC1CCC(C(NN)c2ccc(C)nc2)CC1. The second-order valence-corrected chi connectivity index (χ2v) is 5.95. The van der Waals surface area contributed by atoms with E-state index in [2.05, 4.69) is 29.5 Å². The summed E-state index contributed by atoms with van der Waals surface area (Å²) in [6.45, 7) is 4.30. The number of hydrazine groups is 1. The van der Waals surface area contributed by atoms with Crippen LogP contribution in [-0.2, 0) is 0 Å². The maximum atomic E-state index is 5.79. The van der Waals surface area contributed by atoms with Gasteiger partial charge in [-0.15, -0.1) is 0 Å². The molecule has 1 saturated carbocycles. The molecular formula is C16H27N3. The highest BCUT2D eigenvalue weighted by atomic mass is 15.2. The molecule has 3 nitrogen and oxygen atoms in total. The zero-order valence-electron chi connectivity index (χ0n) is 12.2. The Hall–Kier alpha value is -0.930. The second kappa shape index (κ2) is 7.01. The lowest BCUT2D eigenvalue weighted by molar-refractivity contribution is 0.215. The minimum absolute atomic E-state index is 0.260. The standard InChI is InChI=1S/C16H27N3/c1-3-4-13-6-9-14(10-7-13)16(19-17)15-8-5-12(2)18-11-15/h5,8,11,13-14,16,19H,3-4,6-7,9-10,17H2,1-2H3. The van der Waals surface area contributed by atoms with Gasteiger partial charge >= 0.3 is 0 Å². The highest BCUT2D eigenvalue weighted by Crippen LogP contribution is 2.37. The quantitative estimate of drug-likeness (QED) is 0.630. The van der Waals surface area contributed by atoms with Crippen molar-refractivity contribution in [1.82, 2.24) is 10.4 Å². The van der Waals surface area contributed by atoms with E-state index in [1.165, 1.54) is 44.1 Å². The molecule has 3 N–H and O–H groups in total. The van der Waals surface area contributed by atoms with Crippen LogP contribution in [0.3, 0.4) is 0 Å². The van der Waals surface area contributed by atoms with Crippen molar-refractivity contribution in [2.75, 3.05) is 0 Å². The first-order valence-electron chi connectivity index (χ1n) is 7.63. The molecule has 1 aliphatic rings. The topological polar surface area (TPSA) is 50.9 Å². The highest BCUT2D eigenvalue weighted by molar-refractivity contribution is 5.18. The number of nitrogens with one attached hydrogen (secondary N) is 1. The molecule has 0 bridgehead atoms. The molecule has 3 heteroatoms. The fourth-order valence-electron chi connectivity index (χ4n) is 3.39. The molecule has 0 saturated heterocycles. The van der Waals surface area contributed by atoms with Gasteiger partial charge in [0.1, 0.15) is 0 Å². The molecule has 1 fully saturated rings. The number of nitrogens with zero attached hydrogens (tertiary/aromatic N) is 1. The third-order valence-corrected chi connectivity index (χ3v) is 4.53. The van der Waals surface area contributed by atoms with Crippen LogP contribution >= 0.6 is 0 Å². The van der Waals surface area contributed by atoms with Crippen LogP contribution in [-0.4, -0.2) is 4.98 Å². The Bertz CT molecular complexity index is 366. The Morgan fingerprint density at radius 2 is 2.05 bits per heavy atom. The van der Waals surface area contributed by atoms with Gasteiger partial charge < -0.3 is 0 Å². The normalized spacial score (nSPS) is 25.2. The molecule has 106 valence electrons. The Balaban J connectivity index is 1.97. The van der Waals surface area contributed by atoms with Crippen LogP contribution in [0, 0.1) is 18.8 Å². The summed E-state index contributed by atoms with van der Waals surface area (Å²) < 4.78 is 0. The van der Waals surface area contributed by atoms with Crippen LogP contribution in [0.25, 0.3) is 0 Å². The Morgan fingerprint density at radius 3 is 2.58 bits per heavy atom. The minimum Gasteiger partial charge on any atom is -0.271 e. The van der Waals surface area contributed by atoms with Crippen molar-refractivity contribution in [3.05, 3.63) is 29.6 Å². The predicted octanol–water partition coefficient (Wildman–Crippen LogP) is 3.50. The molecule has 0 amide bonds. The lowest BCUT2D eigenvalue weighted by Gasteiger charge is -2.33. The van der Waals surface area contributed by atoms with Gasteiger partial charge in [-0.05, 0) is 43.2 Å². The van der Waals surface area contributed by atoms with Crippen LogP contribution < -0.4 is 11.3 Å². The number of hydrogen-bond donors (Lipinski definition) is 2. The van der Waals surface area contributed by atoms with E-state index in [1.807, 2.05) is 13.1 Å². The molecule has 0 radical (unpaired) electrons. The van der Waals surface area contributed by atoms with E-state index < -0.39 is 0 Å². The molecule has 0 aromatic carbocycles. The smallest absolute Gasteiger partial charge is 0.0503 e. The molecule has 1 aromatic rings. The van der Waals surface area contributed by atoms with Crippen molar-refractivity contribution in [1.29, 1.82) is 0 Å². The van der Waals surface area contributed by atoms with Gasteiger partial charge in [0.25, 0.3) is 0 Å². The molecular weight excluding hydrogens is 234 g/mol. The number of aryl methyl sites for hydroxylation is 1. The number of rotatable bonds is 5. The number of aromatic nitrogens is 1. The number of pyridine rings is 1. The molecule has 0 spiro atoms. The summed E-state index contributed by atoms with van der Waals surface area (Å²) in [7, 11) is 0. The minimum atomic E-state index is 0.260. The fraction of sp³-hybridized carbons (Fsp3) is 0.688. The molecule has 19 heavy (non-hydrogen) atoms. The van der Waals surface area contributed by atoms with E-state index in [4.69, 9.17) is 5.84 Å². The van der Waals surface area contributed by atoms with Gasteiger partial charge in [0, 0.05) is 11.9 Å². The summed E-state index contributed by atoms with van der Waals surface area (Å²) in [5.74, 6) is 7.39. The first-order valence-corrected chi connectivity index (χ1v) is 7.63. The lowest BCUT2D eigenvalue weighted by Crippen LogP contribution is -2.35. The summed E-state index contributed by atoms with van der Waals surface area (Å²) in [4.78, 5) is 4.39. The Morgan fingerprint density at radius 1 is 1.32 bits per heavy atom. The monoisotopic (exact) mass is 261 g/mol. The van der Waals surface area contributed by atoms with E-state index in [9.17, 15) is 0 Å². The Kier molecular flexibility index (Phi) is 5.34. The molecule has 1 aromatic heterocycles. The highest BCUT2D eigenvalue weighted by Gasteiger charge is 2.27. The molecule has 1 heterocycles. The first kappa shape index (κ1) is 14.5. The average Bonchev–Trinajstić information content (AvgIpc) is 2.44. The zero-order chi connectivity index (χ0) is 13.7. The van der Waals surface area contributed by atoms with Crippen molar-refractivity contribution >= 4 is 0 Å². The second-order valence-electron chi connectivity index (χ2n) is 5.95. The summed E-state index contributed by atoms with van der Waals surface area (Å²) in [5.41, 5.74) is 5.30. The predicted molar refractivity (Wildman–Crippen MR) is 79.4 cm³/mol. The van der Waals surface area contributed by atoms with Gasteiger partial charge in [0.15, 0.2) is 0 Å². The maximum absolute atomic E-state index is 5.79. The molecule has 2 rings (SSSR count). The van der Waals surface area contributed by atoms with E-state index in [-0.39, 0.29) is 6.04 Å². The summed E-state index contributed by atoms with van der Waals surface area (Å²) in [6, 6.07) is 4.49. The number of hydrogen-bond acceptors (Lipinski definition) is 3. The van der Waals surface area contributed by atoms with E-state index in [1.54, 1.807) is 0 Å². The van der Waals surface area contributed by atoms with E-state index >= 15 is 0 Å². The lowest BCUT2D eigenvalue weighted by atomic mass is 9.76. The summed E-state index contributed by atoms with van der Waals surface area (Å²) in [6.07, 6.45) is 9.96. The third-order valence-electron chi connectivity index (χ3n) is 4.53. The largest absolute Gasteiger partial charge is 0.271 e. The van der Waals surface area contributed by atoms with Crippen LogP contribution in [0.5, 0.6) is 0 Å². The third kappa shape index (κ3) is 3.77. The van der Waals surface area contributed by atoms with Gasteiger partial charge in [-0.3, -0.25) is 16.3 Å². The van der Waals surface area contributed by atoms with Gasteiger partial charge in [-0.25, -0.2) is 0 Å². The van der Waals surface area contributed by atoms with Crippen molar-refractivity contribution in [2.24, 2.45) is 17.7 Å². The zero-order valence-corrected chi connectivity index (χ0v) is 12.2. The Labute approximate surface area is 117 Å². The van der Waals surface area contributed by atoms with E-state index in [0.29, 0.717) is 5.92 Å². The van der Waals surface area contributed by atoms with Gasteiger partial charge in [0.2, 0.25) is 0 Å². The molecule has 1 atom stereocenters. The van der Waals surface area contributed by atoms with Gasteiger partial charge in [-0.2, -0.15) is 0 Å². The van der Waals surface area contributed by atoms with Crippen molar-refractivity contribution in [3.63, 3.8) is 0 Å². The fourth-order valence-corrected chi connectivity index (χ4v) is 3.39. The maximum Gasteiger partial charge on any atom is 0.0503 e.